The lowest BCUT2D eigenvalue weighted by Crippen LogP contribution is -2.61. The second kappa shape index (κ2) is 8.91. The van der Waals surface area contributed by atoms with E-state index in [1.54, 1.807) is 38.9 Å². The van der Waals surface area contributed by atoms with Crippen molar-refractivity contribution in [1.82, 2.24) is 4.90 Å². The van der Waals surface area contributed by atoms with Crippen molar-refractivity contribution in [2.24, 2.45) is 17.6 Å². The molecule has 1 aromatic carbocycles. The van der Waals surface area contributed by atoms with Gasteiger partial charge in [-0.15, -0.1) is 0 Å². The van der Waals surface area contributed by atoms with E-state index in [2.05, 4.69) is 0 Å². The van der Waals surface area contributed by atoms with Gasteiger partial charge in [-0.05, 0) is 44.2 Å². The predicted molar refractivity (Wildman–Crippen MR) is 136 cm³/mol. The molecular weight excluding hydrogens is 480 g/mol. The molecule has 0 aliphatic heterocycles. The molecule has 1 aromatic rings. The number of nitrogens with two attached hydrogens (primary N) is 1. The molecule has 7 N–H and O–H groups in total. The van der Waals surface area contributed by atoms with Crippen LogP contribution in [0.15, 0.2) is 23.0 Å². The van der Waals surface area contributed by atoms with Crippen molar-refractivity contribution in [1.29, 1.82) is 5.41 Å². The Bertz CT molecular complexity index is 1310. The van der Waals surface area contributed by atoms with Crippen LogP contribution in [0.1, 0.15) is 48.2 Å². The standard InChI is InChI=1S/C26H32N4O7/c1-5-30(6-2)25(36)14-10-15(29(3)4)13-8-11-7-12-9-16(31)19(24(28)35)22(27)26(12,37)23(34)17(11)21(33)18(13)20(14)32/h10-12,27,31-33,37H,5-9H2,1-4H3,(H2,28,35)/t11-,12+,26-/m1/s1. The molecule has 11 nitrogen and oxygen atoms in total. The van der Waals surface area contributed by atoms with Crippen molar-refractivity contribution in [3.05, 3.63) is 39.7 Å². The fourth-order valence-electron chi connectivity index (χ4n) is 5.96. The van der Waals surface area contributed by atoms with Crippen LogP contribution in [0.4, 0.5) is 5.69 Å². The maximum absolute atomic E-state index is 13.7. The van der Waals surface area contributed by atoms with Crippen LogP contribution in [0.3, 0.4) is 0 Å². The summed E-state index contributed by atoms with van der Waals surface area (Å²) in [6.45, 7) is 4.40. The number of benzene rings is 1. The van der Waals surface area contributed by atoms with E-state index >= 15 is 0 Å². The van der Waals surface area contributed by atoms with Crippen molar-refractivity contribution in [3.8, 4) is 5.75 Å². The highest BCUT2D eigenvalue weighted by atomic mass is 16.3. The largest absolute Gasteiger partial charge is 0.511 e. The fraction of sp³-hybridized carbons (Fsp3) is 0.462. The number of aliphatic hydroxyl groups is 3. The van der Waals surface area contributed by atoms with E-state index in [4.69, 9.17) is 11.1 Å². The minimum absolute atomic E-state index is 0.0362. The molecule has 0 bridgehead atoms. The molecule has 3 atom stereocenters. The van der Waals surface area contributed by atoms with Gasteiger partial charge in [0.25, 0.3) is 11.8 Å². The minimum atomic E-state index is -2.48. The fourth-order valence-corrected chi connectivity index (χ4v) is 5.96. The number of aliphatic hydroxyl groups excluding tert-OH is 2. The van der Waals surface area contributed by atoms with Crippen LogP contribution in [0.5, 0.6) is 5.75 Å². The Morgan fingerprint density at radius 2 is 1.78 bits per heavy atom. The van der Waals surface area contributed by atoms with E-state index < -0.39 is 63.6 Å². The van der Waals surface area contributed by atoms with Crippen LogP contribution in [0, 0.1) is 17.2 Å². The van der Waals surface area contributed by atoms with Gasteiger partial charge in [0.1, 0.15) is 22.8 Å². The molecular formula is C26H32N4O7. The van der Waals surface area contributed by atoms with Gasteiger partial charge in [-0.1, -0.05) is 0 Å². The Morgan fingerprint density at radius 3 is 2.32 bits per heavy atom. The monoisotopic (exact) mass is 512 g/mol. The number of aromatic hydroxyl groups is 1. The molecule has 0 saturated heterocycles. The van der Waals surface area contributed by atoms with Crippen LogP contribution in [0.25, 0.3) is 5.76 Å². The molecule has 4 rings (SSSR count). The maximum Gasteiger partial charge on any atom is 0.257 e. The predicted octanol–water partition coefficient (Wildman–Crippen LogP) is 1.42. The SMILES string of the molecule is CCN(CC)C(=O)c1cc(N(C)C)c2c(c1O)C(O)=C1C(=O)[C@]3(O)C(=N)C(C(N)=O)=C(O)C[C@@H]3C[C@@H]1C2. The van der Waals surface area contributed by atoms with Crippen LogP contribution >= 0.6 is 0 Å². The number of hydrogen-bond acceptors (Lipinski definition) is 9. The summed E-state index contributed by atoms with van der Waals surface area (Å²) in [6.07, 6.45) is 0.0883. The third-order valence-corrected chi connectivity index (χ3v) is 7.85. The van der Waals surface area contributed by atoms with Crippen molar-refractivity contribution >= 4 is 34.8 Å². The quantitative estimate of drug-likeness (QED) is 0.341. The first kappa shape index (κ1) is 26.2. The summed E-state index contributed by atoms with van der Waals surface area (Å²) < 4.78 is 0. The van der Waals surface area contributed by atoms with E-state index in [9.17, 15) is 34.8 Å². The zero-order chi connectivity index (χ0) is 27.6. The van der Waals surface area contributed by atoms with Crippen LogP contribution in [-0.4, -0.2) is 81.4 Å². The van der Waals surface area contributed by atoms with E-state index in [1.165, 1.54) is 4.90 Å². The highest BCUT2D eigenvalue weighted by Crippen LogP contribution is 2.53. The smallest absolute Gasteiger partial charge is 0.257 e. The topological polar surface area (TPSA) is 188 Å². The summed E-state index contributed by atoms with van der Waals surface area (Å²) in [5.41, 5.74) is 2.21. The van der Waals surface area contributed by atoms with Gasteiger partial charge in [-0.2, -0.15) is 0 Å². The zero-order valence-electron chi connectivity index (χ0n) is 21.3. The van der Waals surface area contributed by atoms with Crippen molar-refractivity contribution in [3.63, 3.8) is 0 Å². The first-order valence-corrected chi connectivity index (χ1v) is 12.2. The second-order valence-corrected chi connectivity index (χ2v) is 9.97. The van der Waals surface area contributed by atoms with Crippen LogP contribution in [-0.2, 0) is 16.0 Å². The number of carbonyl (C=O) groups is 3. The summed E-state index contributed by atoms with van der Waals surface area (Å²) in [5, 5.41) is 52.8. The Morgan fingerprint density at radius 1 is 1.16 bits per heavy atom. The number of nitrogens with zero attached hydrogens (tertiary/aromatic N) is 2. The van der Waals surface area contributed by atoms with Gasteiger partial charge in [-0.25, -0.2) is 0 Å². The number of phenolic OH excluding ortho intramolecular Hbond substituents is 1. The first-order chi connectivity index (χ1) is 17.3. The first-order valence-electron chi connectivity index (χ1n) is 12.2. The molecule has 1 fully saturated rings. The molecule has 0 radical (unpaired) electrons. The minimum Gasteiger partial charge on any atom is -0.511 e. The number of ketones is 1. The number of anilines is 1. The van der Waals surface area contributed by atoms with Gasteiger partial charge >= 0.3 is 0 Å². The number of primary amides is 1. The summed E-state index contributed by atoms with van der Waals surface area (Å²) >= 11 is 0. The van der Waals surface area contributed by atoms with Crippen molar-refractivity contribution in [2.45, 2.75) is 38.7 Å². The van der Waals surface area contributed by atoms with Crippen molar-refractivity contribution in [2.75, 3.05) is 32.1 Å². The molecule has 37 heavy (non-hydrogen) atoms. The number of allylic oxidation sites excluding steroid dienone is 1. The Kier molecular flexibility index (Phi) is 6.31. The van der Waals surface area contributed by atoms with E-state index in [0.717, 1.165) is 0 Å². The molecule has 3 aliphatic rings. The summed E-state index contributed by atoms with van der Waals surface area (Å²) in [4.78, 5) is 42.1. The number of Topliss-reactive ketones (excluding diaryl/α,β-unsaturated/α-hetero) is 1. The number of phenols is 1. The van der Waals surface area contributed by atoms with E-state index in [0.29, 0.717) is 24.3 Å². The molecule has 198 valence electrons. The number of rotatable bonds is 5. The molecule has 0 unspecified atom stereocenters. The molecule has 3 aliphatic carbocycles. The average Bonchev–Trinajstić information content (AvgIpc) is 2.81. The van der Waals surface area contributed by atoms with Gasteiger partial charge in [0.05, 0.1) is 16.8 Å². The highest BCUT2D eigenvalue weighted by Gasteiger charge is 2.59. The van der Waals surface area contributed by atoms with E-state index in [1.807, 2.05) is 0 Å². The third kappa shape index (κ3) is 3.59. The summed E-state index contributed by atoms with van der Waals surface area (Å²) in [7, 11) is 3.52. The number of fused-ring (bicyclic) bond motifs is 3. The normalized spacial score (nSPS) is 24.9. The van der Waals surface area contributed by atoms with Gasteiger partial charge in [0.15, 0.2) is 5.60 Å². The van der Waals surface area contributed by atoms with Crippen molar-refractivity contribution < 1.29 is 34.8 Å². The maximum atomic E-state index is 13.7. The average molecular weight is 513 g/mol. The lowest BCUT2D eigenvalue weighted by Gasteiger charge is -2.47. The zero-order valence-corrected chi connectivity index (χ0v) is 21.3. The highest BCUT2D eigenvalue weighted by molar-refractivity contribution is 6.33. The van der Waals surface area contributed by atoms with Gasteiger partial charge in [-0.3, -0.25) is 14.4 Å². The number of carbonyl (C=O) groups excluding carboxylic acids is 3. The lowest BCUT2D eigenvalue weighted by atomic mass is 9.58. The summed E-state index contributed by atoms with van der Waals surface area (Å²) in [6, 6.07) is 1.57. The molecule has 0 aromatic heterocycles. The number of nitrogens with one attached hydrogen (secondary N) is 1. The number of hydrogen-bond donors (Lipinski definition) is 6. The molecule has 0 spiro atoms. The number of amides is 2. The molecule has 2 amide bonds. The summed E-state index contributed by atoms with van der Waals surface area (Å²) in [5.74, 6) is -5.60. The lowest BCUT2D eigenvalue weighted by molar-refractivity contribution is -0.136. The Labute approximate surface area is 214 Å². The third-order valence-electron chi connectivity index (χ3n) is 7.85. The van der Waals surface area contributed by atoms with Gasteiger partial charge < -0.3 is 41.4 Å². The Hall–Kier alpha value is -3.86. The molecule has 11 heteroatoms. The van der Waals surface area contributed by atoms with Gasteiger partial charge in [0.2, 0.25) is 5.78 Å². The molecule has 0 heterocycles. The van der Waals surface area contributed by atoms with Crippen LogP contribution in [0.2, 0.25) is 0 Å². The molecule has 1 saturated carbocycles. The van der Waals surface area contributed by atoms with Crippen LogP contribution < -0.4 is 10.6 Å². The Balaban J connectivity index is 1.94. The van der Waals surface area contributed by atoms with Gasteiger partial charge in [0, 0.05) is 50.8 Å². The van der Waals surface area contributed by atoms with E-state index in [-0.39, 0.29) is 36.0 Å². The second-order valence-electron chi connectivity index (χ2n) is 9.97.